The molecule has 160 valence electrons. The van der Waals surface area contributed by atoms with Crippen molar-refractivity contribution in [2.45, 2.75) is 13.5 Å². The lowest BCUT2D eigenvalue weighted by Crippen LogP contribution is -2.20. The molecule has 4 aromatic rings. The van der Waals surface area contributed by atoms with Crippen LogP contribution in [0.25, 0.3) is 27.7 Å². The Morgan fingerprint density at radius 3 is 2.74 bits per heavy atom. The number of nitrogens with one attached hydrogen (secondary N) is 2. The molecule has 2 N–H and O–H groups in total. The Bertz CT molecular complexity index is 1230. The quantitative estimate of drug-likeness (QED) is 0.436. The third-order valence-electron chi connectivity index (χ3n) is 5.31. The molecule has 0 atom stereocenters. The van der Waals surface area contributed by atoms with Crippen LogP contribution in [0, 0.1) is 6.92 Å². The minimum Gasteiger partial charge on any atom is -0.453 e. The van der Waals surface area contributed by atoms with Crippen molar-refractivity contribution in [3.63, 3.8) is 0 Å². The molecule has 0 aliphatic heterocycles. The van der Waals surface area contributed by atoms with Gasteiger partial charge in [0.05, 0.1) is 25.1 Å². The largest absolute Gasteiger partial charge is 0.453 e. The van der Waals surface area contributed by atoms with Gasteiger partial charge in [0.25, 0.3) is 0 Å². The molecule has 0 radical (unpaired) electrons. The number of aryl methyl sites for hydroxylation is 1. The summed E-state index contributed by atoms with van der Waals surface area (Å²) in [7, 11) is 3.04. The first kappa shape index (κ1) is 20.8. The molecule has 2 aromatic carbocycles. The highest BCUT2D eigenvalue weighted by atomic mass is 16.5. The number of aromatic nitrogens is 2. The summed E-state index contributed by atoms with van der Waals surface area (Å²) < 4.78 is 12.0. The highest BCUT2D eigenvalue weighted by molar-refractivity contribution is 5.99. The molecule has 2 heterocycles. The smallest absolute Gasteiger partial charge is 0.411 e. The van der Waals surface area contributed by atoms with E-state index in [9.17, 15) is 4.79 Å². The van der Waals surface area contributed by atoms with Crippen LogP contribution < -0.4 is 10.6 Å². The van der Waals surface area contributed by atoms with E-state index in [1.807, 2.05) is 36.5 Å². The molecular weight excluding hydrogens is 392 g/mol. The van der Waals surface area contributed by atoms with E-state index in [1.54, 1.807) is 7.11 Å². The van der Waals surface area contributed by atoms with Crippen LogP contribution in [0.15, 0.2) is 54.7 Å². The molecule has 0 aliphatic carbocycles. The Hall–Kier alpha value is -3.42. The summed E-state index contributed by atoms with van der Waals surface area (Å²) in [5.41, 5.74) is 5.80. The summed E-state index contributed by atoms with van der Waals surface area (Å²) in [5.74, 6) is 0. The molecule has 0 saturated heterocycles. The molecule has 4 rings (SSSR count). The fourth-order valence-electron chi connectivity index (χ4n) is 3.72. The lowest BCUT2D eigenvalue weighted by atomic mass is 10.0. The normalized spacial score (nSPS) is 11.2. The molecule has 0 fully saturated rings. The van der Waals surface area contributed by atoms with Crippen molar-refractivity contribution < 1.29 is 14.3 Å². The average Bonchev–Trinajstić information content (AvgIpc) is 3.15. The van der Waals surface area contributed by atoms with Gasteiger partial charge in [-0.25, -0.2) is 9.78 Å². The number of imidazole rings is 1. The number of hydrogen-bond acceptors (Lipinski definition) is 5. The van der Waals surface area contributed by atoms with Crippen LogP contribution in [-0.2, 0) is 16.0 Å². The van der Waals surface area contributed by atoms with Crippen LogP contribution in [0.1, 0.15) is 11.3 Å². The van der Waals surface area contributed by atoms with Gasteiger partial charge < -0.3 is 19.2 Å². The van der Waals surface area contributed by atoms with Gasteiger partial charge in [-0.05, 0) is 36.1 Å². The zero-order valence-corrected chi connectivity index (χ0v) is 17.9. The molecule has 31 heavy (non-hydrogen) atoms. The van der Waals surface area contributed by atoms with Crippen LogP contribution in [0.3, 0.4) is 0 Å². The Morgan fingerprint density at radius 1 is 1.13 bits per heavy atom. The van der Waals surface area contributed by atoms with E-state index < -0.39 is 6.09 Å². The van der Waals surface area contributed by atoms with E-state index in [1.165, 1.54) is 12.7 Å². The number of fused-ring (bicyclic) bond motifs is 3. The number of carbonyl (C=O) groups is 1. The number of carbonyl (C=O) groups excluding carboxylic acids is 1. The van der Waals surface area contributed by atoms with E-state index in [0.717, 1.165) is 39.9 Å². The second kappa shape index (κ2) is 9.16. The molecule has 1 amide bonds. The number of benzene rings is 2. The Labute approximate surface area is 181 Å². The van der Waals surface area contributed by atoms with Crippen molar-refractivity contribution in [2.75, 3.05) is 32.7 Å². The number of ether oxygens (including phenoxy) is 2. The van der Waals surface area contributed by atoms with Gasteiger partial charge in [-0.3, -0.25) is 5.32 Å². The predicted octanol–water partition coefficient (Wildman–Crippen LogP) is 4.38. The highest BCUT2D eigenvalue weighted by Crippen LogP contribution is 2.31. The molecule has 0 saturated carbocycles. The Morgan fingerprint density at radius 2 is 1.97 bits per heavy atom. The minimum absolute atomic E-state index is 0.502. The van der Waals surface area contributed by atoms with Crippen molar-refractivity contribution in [3.8, 4) is 11.3 Å². The number of rotatable bonds is 7. The van der Waals surface area contributed by atoms with Gasteiger partial charge in [0.2, 0.25) is 0 Å². The average molecular weight is 418 g/mol. The minimum atomic E-state index is -0.502. The fourth-order valence-corrected chi connectivity index (χ4v) is 3.72. The summed E-state index contributed by atoms with van der Waals surface area (Å²) in [6.07, 6.45) is 1.55. The van der Waals surface area contributed by atoms with Crippen LogP contribution in [0.5, 0.6) is 0 Å². The van der Waals surface area contributed by atoms with Crippen molar-refractivity contribution >= 4 is 28.2 Å². The fraction of sp³-hybridized carbons (Fsp3) is 0.250. The second-order valence-electron chi connectivity index (χ2n) is 7.32. The third-order valence-corrected chi connectivity index (χ3v) is 5.31. The van der Waals surface area contributed by atoms with Crippen molar-refractivity contribution in [1.82, 2.24) is 14.7 Å². The number of methoxy groups -OCH3 is 2. The predicted molar refractivity (Wildman–Crippen MR) is 122 cm³/mol. The number of hydrogen-bond donors (Lipinski definition) is 2. The van der Waals surface area contributed by atoms with Gasteiger partial charge in [-0.2, -0.15) is 0 Å². The molecule has 7 nitrogen and oxygen atoms in total. The van der Waals surface area contributed by atoms with Gasteiger partial charge in [-0.15, -0.1) is 0 Å². The molecule has 0 bridgehead atoms. The number of amides is 1. The van der Waals surface area contributed by atoms with Gasteiger partial charge in [0.1, 0.15) is 5.65 Å². The van der Waals surface area contributed by atoms with E-state index in [0.29, 0.717) is 18.8 Å². The summed E-state index contributed by atoms with van der Waals surface area (Å²) >= 11 is 0. The summed E-state index contributed by atoms with van der Waals surface area (Å²) in [4.78, 5) is 16.7. The van der Waals surface area contributed by atoms with Crippen LogP contribution in [-0.4, -0.2) is 42.8 Å². The zero-order valence-electron chi connectivity index (χ0n) is 17.9. The molecule has 7 heteroatoms. The third kappa shape index (κ3) is 4.23. The second-order valence-corrected chi connectivity index (χ2v) is 7.32. The Balaban J connectivity index is 1.88. The summed E-state index contributed by atoms with van der Waals surface area (Å²) in [5, 5.41) is 8.18. The SMILES string of the molecule is COCCNCc1c(-c2ccccc2C)nc2c3cc(NC(=O)OC)ccc3ccn12. The van der Waals surface area contributed by atoms with Crippen LogP contribution in [0.4, 0.5) is 10.5 Å². The van der Waals surface area contributed by atoms with E-state index in [-0.39, 0.29) is 0 Å². The lowest BCUT2D eigenvalue weighted by molar-refractivity contribution is 0.187. The molecule has 2 aromatic heterocycles. The molecule has 0 unspecified atom stereocenters. The topological polar surface area (TPSA) is 76.9 Å². The monoisotopic (exact) mass is 418 g/mol. The Kier molecular flexibility index (Phi) is 6.16. The van der Waals surface area contributed by atoms with Crippen molar-refractivity contribution in [3.05, 3.63) is 66.0 Å². The maximum absolute atomic E-state index is 11.7. The lowest BCUT2D eigenvalue weighted by Gasteiger charge is -2.10. The molecule has 0 aliphatic rings. The van der Waals surface area contributed by atoms with Gasteiger partial charge in [0.15, 0.2) is 0 Å². The van der Waals surface area contributed by atoms with Crippen LogP contribution >= 0.6 is 0 Å². The number of anilines is 1. The first-order chi connectivity index (χ1) is 15.1. The number of nitrogens with zero attached hydrogens (tertiary/aromatic N) is 2. The van der Waals surface area contributed by atoms with Crippen molar-refractivity contribution in [2.24, 2.45) is 0 Å². The summed E-state index contributed by atoms with van der Waals surface area (Å²) in [6.45, 7) is 4.14. The van der Waals surface area contributed by atoms with E-state index in [4.69, 9.17) is 14.5 Å². The maximum Gasteiger partial charge on any atom is 0.411 e. The first-order valence-corrected chi connectivity index (χ1v) is 10.2. The van der Waals surface area contributed by atoms with Gasteiger partial charge in [-0.1, -0.05) is 30.3 Å². The molecular formula is C24H26N4O3. The first-order valence-electron chi connectivity index (χ1n) is 10.2. The summed E-state index contributed by atoms with van der Waals surface area (Å²) in [6, 6.07) is 16.1. The standard InChI is InChI=1S/C24H26N4O3/c1-16-6-4-5-7-19(16)22-21(15-25-11-13-30-2)28-12-10-17-8-9-18(26-24(29)31-3)14-20(17)23(28)27-22/h4-10,12,14,25H,11,13,15H2,1-3H3,(H,26,29). The van der Waals surface area contributed by atoms with E-state index in [2.05, 4.69) is 40.2 Å². The number of pyridine rings is 1. The van der Waals surface area contributed by atoms with Gasteiger partial charge in [0, 0.05) is 43.0 Å². The van der Waals surface area contributed by atoms with Crippen molar-refractivity contribution in [1.29, 1.82) is 0 Å². The molecule has 0 spiro atoms. The zero-order chi connectivity index (χ0) is 21.8. The van der Waals surface area contributed by atoms with Crippen LogP contribution in [0.2, 0.25) is 0 Å². The maximum atomic E-state index is 11.7. The van der Waals surface area contributed by atoms with Gasteiger partial charge >= 0.3 is 6.09 Å². The van der Waals surface area contributed by atoms with E-state index >= 15 is 0 Å². The highest BCUT2D eigenvalue weighted by Gasteiger charge is 2.17.